The third kappa shape index (κ3) is 0.697. The van der Waals surface area contributed by atoms with Crippen molar-refractivity contribution < 1.29 is 0 Å². The van der Waals surface area contributed by atoms with E-state index in [0.29, 0.717) is 5.41 Å². The molecule has 2 aliphatic carbocycles. The molecule has 1 fully saturated rings. The van der Waals surface area contributed by atoms with Gasteiger partial charge in [-0.2, -0.15) is 0 Å². The Morgan fingerprint density at radius 3 is 1.91 bits per heavy atom. The van der Waals surface area contributed by atoms with Crippen molar-refractivity contribution in [1.82, 2.24) is 0 Å². The van der Waals surface area contributed by atoms with E-state index in [9.17, 15) is 0 Å². The summed E-state index contributed by atoms with van der Waals surface area (Å²) in [5, 5.41) is 2.87. The Balaban J connectivity index is 2.42. The lowest BCUT2D eigenvalue weighted by Crippen LogP contribution is -2.19. The Morgan fingerprint density at radius 2 is 1.45 bits per heavy atom. The summed E-state index contributed by atoms with van der Waals surface area (Å²) < 4.78 is 0. The predicted octanol–water partition coefficient (Wildman–Crippen LogP) is 1.04. The van der Waals surface area contributed by atoms with Crippen LogP contribution in [0.4, 0.5) is 0 Å². The van der Waals surface area contributed by atoms with Gasteiger partial charge in [0.25, 0.3) is 0 Å². The van der Waals surface area contributed by atoms with Crippen LogP contribution in [-0.4, -0.2) is 0 Å². The zero-order chi connectivity index (χ0) is 7.31. The van der Waals surface area contributed by atoms with Crippen LogP contribution < -0.4 is 10.4 Å². The minimum absolute atomic E-state index is 0.504. The lowest BCUT2D eigenvalue weighted by Gasteiger charge is -1.91. The molecule has 0 heteroatoms. The molecule has 3 rings (SSSR count). The fourth-order valence-electron chi connectivity index (χ4n) is 1.87. The van der Waals surface area contributed by atoms with Crippen LogP contribution in [0.15, 0.2) is 24.3 Å². The summed E-state index contributed by atoms with van der Waals surface area (Å²) in [5.41, 5.74) is 0.504. The van der Waals surface area contributed by atoms with E-state index >= 15 is 0 Å². The molecule has 0 aliphatic heterocycles. The van der Waals surface area contributed by atoms with Crippen molar-refractivity contribution in [3.05, 3.63) is 34.7 Å². The lowest BCUT2D eigenvalue weighted by atomic mass is 10.1. The average molecular weight is 142 g/mol. The van der Waals surface area contributed by atoms with Crippen molar-refractivity contribution in [1.29, 1.82) is 0 Å². The van der Waals surface area contributed by atoms with Gasteiger partial charge >= 0.3 is 0 Å². The molecular weight excluding hydrogens is 132 g/mol. The van der Waals surface area contributed by atoms with Crippen molar-refractivity contribution in [3.63, 3.8) is 0 Å². The van der Waals surface area contributed by atoms with Gasteiger partial charge in [0, 0.05) is 5.41 Å². The monoisotopic (exact) mass is 142 g/mol. The molecule has 54 valence electrons. The number of rotatable bonds is 0. The van der Waals surface area contributed by atoms with Crippen LogP contribution in [0.2, 0.25) is 0 Å². The van der Waals surface area contributed by atoms with Crippen LogP contribution in [-0.2, 0) is 0 Å². The zero-order valence-corrected chi connectivity index (χ0v) is 6.38. The van der Waals surface area contributed by atoms with Crippen molar-refractivity contribution in [3.8, 4) is 0 Å². The van der Waals surface area contributed by atoms with Crippen LogP contribution in [0.5, 0.6) is 0 Å². The molecule has 0 aromatic heterocycles. The van der Waals surface area contributed by atoms with Crippen LogP contribution in [0.25, 0.3) is 12.2 Å². The van der Waals surface area contributed by atoms with E-state index in [-0.39, 0.29) is 0 Å². The van der Waals surface area contributed by atoms with Gasteiger partial charge in [0.05, 0.1) is 0 Å². The maximum absolute atomic E-state index is 2.42. The molecule has 1 saturated carbocycles. The summed E-state index contributed by atoms with van der Waals surface area (Å²) in [6, 6.07) is 8.65. The summed E-state index contributed by atoms with van der Waals surface area (Å²) in [4.78, 5) is 0. The Kier molecular flexibility index (Phi) is 0.803. The highest BCUT2D eigenvalue weighted by molar-refractivity contribution is 5.61. The molecule has 0 unspecified atom stereocenters. The van der Waals surface area contributed by atoms with Gasteiger partial charge in [-0.1, -0.05) is 36.4 Å². The third-order valence-corrected chi connectivity index (χ3v) is 2.71. The Morgan fingerprint density at radius 1 is 0.909 bits per heavy atom. The number of hydrogen-bond acceptors (Lipinski definition) is 0. The van der Waals surface area contributed by atoms with E-state index in [0.717, 1.165) is 0 Å². The fourth-order valence-corrected chi connectivity index (χ4v) is 1.87. The average Bonchev–Trinajstić information content (AvgIpc) is 2.66. The van der Waals surface area contributed by atoms with E-state index < -0.39 is 0 Å². The van der Waals surface area contributed by atoms with Gasteiger partial charge < -0.3 is 0 Å². The minimum Gasteiger partial charge on any atom is -0.0666 e. The van der Waals surface area contributed by atoms with Crippen molar-refractivity contribution in [2.45, 2.75) is 12.8 Å². The molecule has 0 radical (unpaired) electrons. The van der Waals surface area contributed by atoms with Gasteiger partial charge in [-0.25, -0.2) is 0 Å². The smallest absolute Gasteiger partial charge is 0.00801 e. The maximum atomic E-state index is 2.42. The van der Waals surface area contributed by atoms with Gasteiger partial charge in [0.2, 0.25) is 0 Å². The molecule has 1 spiro atoms. The quantitative estimate of drug-likeness (QED) is 0.507. The van der Waals surface area contributed by atoms with E-state index in [1.54, 1.807) is 0 Å². The maximum Gasteiger partial charge on any atom is 0.00801 e. The topological polar surface area (TPSA) is 0 Å². The first-order chi connectivity index (χ1) is 5.38. The summed E-state index contributed by atoms with van der Waals surface area (Å²) in [6.07, 6.45) is 7.56. The van der Waals surface area contributed by atoms with E-state index in [1.165, 1.54) is 23.3 Å². The molecule has 0 bridgehead atoms. The van der Waals surface area contributed by atoms with Crippen molar-refractivity contribution in [2.24, 2.45) is 5.41 Å². The predicted molar refractivity (Wildman–Crippen MR) is 46.3 cm³/mol. The van der Waals surface area contributed by atoms with Crippen LogP contribution in [0, 0.1) is 5.41 Å². The van der Waals surface area contributed by atoms with Gasteiger partial charge in [-0.05, 0) is 23.3 Å². The number of benzene rings is 1. The third-order valence-electron chi connectivity index (χ3n) is 2.71. The van der Waals surface area contributed by atoms with Crippen LogP contribution in [0.3, 0.4) is 0 Å². The van der Waals surface area contributed by atoms with E-state index in [1.807, 2.05) is 0 Å². The molecule has 0 atom stereocenters. The second-order valence-corrected chi connectivity index (χ2v) is 3.65. The summed E-state index contributed by atoms with van der Waals surface area (Å²) in [5.74, 6) is 0. The Bertz CT molecular complexity index is 371. The molecule has 1 aromatic carbocycles. The minimum atomic E-state index is 0.504. The second-order valence-electron chi connectivity index (χ2n) is 3.65. The molecule has 1 aromatic rings. The molecule has 0 saturated heterocycles. The van der Waals surface area contributed by atoms with Crippen LogP contribution in [0.1, 0.15) is 12.8 Å². The SMILES string of the molecule is C1=c2ccccc2=CC12CC2. The molecule has 0 nitrogen and oxygen atoms in total. The van der Waals surface area contributed by atoms with Gasteiger partial charge in [0.1, 0.15) is 0 Å². The first-order valence-corrected chi connectivity index (χ1v) is 4.19. The highest BCUT2D eigenvalue weighted by atomic mass is 14.4. The summed E-state index contributed by atoms with van der Waals surface area (Å²) in [7, 11) is 0. The largest absolute Gasteiger partial charge is 0.0666 e. The highest BCUT2D eigenvalue weighted by Crippen LogP contribution is 2.49. The van der Waals surface area contributed by atoms with Gasteiger partial charge in [-0.3, -0.25) is 0 Å². The number of hydrogen-bond donors (Lipinski definition) is 0. The van der Waals surface area contributed by atoms with E-state index in [4.69, 9.17) is 0 Å². The molecule has 2 aliphatic rings. The Labute approximate surface area is 65.9 Å². The van der Waals surface area contributed by atoms with Crippen molar-refractivity contribution >= 4 is 12.2 Å². The molecule has 11 heavy (non-hydrogen) atoms. The Hall–Kier alpha value is -1.04. The fraction of sp³-hybridized carbons (Fsp3) is 0.273. The van der Waals surface area contributed by atoms with Gasteiger partial charge in [0.15, 0.2) is 0 Å². The first-order valence-electron chi connectivity index (χ1n) is 4.19. The zero-order valence-electron chi connectivity index (χ0n) is 6.38. The second kappa shape index (κ2) is 1.58. The summed E-state index contributed by atoms with van der Waals surface area (Å²) in [6.45, 7) is 0. The standard InChI is InChI=1S/C11H10/c1-2-4-10-8-11(5-6-11)7-9(10)3-1/h1-4,7-8H,5-6H2. The normalized spacial score (nSPS) is 22.2. The molecule has 0 N–H and O–H groups in total. The highest BCUT2D eigenvalue weighted by Gasteiger charge is 2.39. The number of fused-ring (bicyclic) bond motifs is 1. The van der Waals surface area contributed by atoms with E-state index in [2.05, 4.69) is 36.4 Å². The van der Waals surface area contributed by atoms with Gasteiger partial charge in [-0.15, -0.1) is 0 Å². The van der Waals surface area contributed by atoms with Crippen LogP contribution >= 0.6 is 0 Å². The summed E-state index contributed by atoms with van der Waals surface area (Å²) >= 11 is 0. The molecular formula is C11H10. The molecule has 0 heterocycles. The lowest BCUT2D eigenvalue weighted by molar-refractivity contribution is 0.996. The van der Waals surface area contributed by atoms with Crippen molar-refractivity contribution in [2.75, 3.05) is 0 Å². The first kappa shape index (κ1) is 5.59. The molecule has 0 amide bonds.